The summed E-state index contributed by atoms with van der Waals surface area (Å²) in [6, 6.07) is 9.66. The molecule has 0 aliphatic rings. The fraction of sp³-hybridized carbons (Fsp3) is 0.316. The summed E-state index contributed by atoms with van der Waals surface area (Å²) in [4.78, 5) is 12.5. The summed E-state index contributed by atoms with van der Waals surface area (Å²) >= 11 is 0. The molecule has 0 saturated carbocycles. The minimum Gasteiger partial charge on any atom is -0.324 e. The molecule has 2 aromatic rings. The zero-order chi connectivity index (χ0) is 20.4. The summed E-state index contributed by atoms with van der Waals surface area (Å²) in [6.45, 7) is 5.30. The lowest BCUT2D eigenvalue weighted by molar-refractivity contribution is -0.114. The molecule has 0 aliphatic heterocycles. The largest absolute Gasteiger partial charge is 0.324 e. The first kappa shape index (κ1) is 20.8. The lowest BCUT2D eigenvalue weighted by Crippen LogP contribution is -2.38. The molecule has 0 saturated heterocycles. The van der Waals surface area contributed by atoms with Crippen molar-refractivity contribution in [2.45, 2.75) is 26.2 Å². The summed E-state index contributed by atoms with van der Waals surface area (Å²) in [5, 5.41) is 2.68. The van der Waals surface area contributed by atoms with Crippen LogP contribution in [0.3, 0.4) is 0 Å². The average Bonchev–Trinajstić information content (AvgIpc) is 2.52. The first-order valence-corrected chi connectivity index (χ1v) is 10.1. The number of hydrogen-bond acceptors (Lipinski definition) is 3. The van der Waals surface area contributed by atoms with E-state index in [1.165, 1.54) is 0 Å². The van der Waals surface area contributed by atoms with Crippen molar-refractivity contribution in [1.82, 2.24) is 0 Å². The maximum absolute atomic E-state index is 14.1. The van der Waals surface area contributed by atoms with E-state index >= 15 is 0 Å². The third-order valence-electron chi connectivity index (χ3n) is 3.88. The van der Waals surface area contributed by atoms with Crippen molar-refractivity contribution in [3.8, 4) is 0 Å². The Bertz CT molecular complexity index is 954. The van der Waals surface area contributed by atoms with Gasteiger partial charge in [0.1, 0.15) is 18.2 Å². The highest BCUT2D eigenvalue weighted by Gasteiger charge is 2.25. The number of sulfonamides is 1. The number of amides is 1. The Kier molecular flexibility index (Phi) is 5.89. The fourth-order valence-corrected chi connectivity index (χ4v) is 3.49. The normalized spacial score (nSPS) is 11.9. The zero-order valence-corrected chi connectivity index (χ0v) is 16.4. The molecule has 0 fully saturated rings. The van der Waals surface area contributed by atoms with Gasteiger partial charge in [0.25, 0.3) is 0 Å². The van der Waals surface area contributed by atoms with Gasteiger partial charge in [-0.2, -0.15) is 0 Å². The maximum Gasteiger partial charge on any atom is 0.245 e. The molecule has 0 spiro atoms. The number of halogens is 2. The highest BCUT2D eigenvalue weighted by molar-refractivity contribution is 7.92. The van der Waals surface area contributed by atoms with Gasteiger partial charge < -0.3 is 5.32 Å². The molecule has 27 heavy (non-hydrogen) atoms. The molecule has 1 amide bonds. The second kappa shape index (κ2) is 7.64. The molecule has 0 radical (unpaired) electrons. The Morgan fingerprint density at radius 3 is 2.30 bits per heavy atom. The number of nitrogens with zero attached hydrogens (tertiary/aromatic N) is 1. The van der Waals surface area contributed by atoms with Gasteiger partial charge in [0.2, 0.25) is 15.9 Å². The van der Waals surface area contributed by atoms with Crippen LogP contribution in [-0.2, 0) is 20.2 Å². The minimum atomic E-state index is -3.97. The Labute approximate surface area is 158 Å². The SMILES string of the molecule is CC(C)(C)c1ccccc1NC(=O)CN(c1ccc(F)cc1F)S(C)(=O)=O. The van der Waals surface area contributed by atoms with Crippen LogP contribution in [-0.4, -0.2) is 27.1 Å². The molecule has 0 unspecified atom stereocenters. The summed E-state index contributed by atoms with van der Waals surface area (Å²) in [6.07, 6.45) is 0.853. The van der Waals surface area contributed by atoms with Crippen LogP contribution in [0.15, 0.2) is 42.5 Å². The molecular weight excluding hydrogens is 374 g/mol. The monoisotopic (exact) mass is 396 g/mol. The van der Waals surface area contributed by atoms with Crippen molar-refractivity contribution in [2.75, 3.05) is 22.4 Å². The minimum absolute atomic E-state index is 0.247. The van der Waals surface area contributed by atoms with Gasteiger partial charge in [0.05, 0.1) is 11.9 Å². The number of rotatable bonds is 5. The number of para-hydroxylation sites is 1. The second-order valence-corrected chi connectivity index (χ2v) is 9.12. The van der Waals surface area contributed by atoms with Gasteiger partial charge in [-0.1, -0.05) is 39.0 Å². The predicted molar refractivity (Wildman–Crippen MR) is 102 cm³/mol. The van der Waals surface area contributed by atoms with Crippen molar-refractivity contribution in [3.63, 3.8) is 0 Å². The predicted octanol–water partition coefficient (Wildman–Crippen LogP) is 3.67. The number of hydrogen-bond donors (Lipinski definition) is 1. The van der Waals surface area contributed by atoms with Crippen molar-refractivity contribution in [2.24, 2.45) is 0 Å². The van der Waals surface area contributed by atoms with E-state index in [0.29, 0.717) is 16.1 Å². The molecule has 0 atom stereocenters. The molecule has 146 valence electrons. The molecule has 0 aromatic heterocycles. The van der Waals surface area contributed by atoms with Gasteiger partial charge in [0, 0.05) is 11.8 Å². The first-order valence-electron chi connectivity index (χ1n) is 8.22. The molecule has 5 nitrogen and oxygen atoms in total. The van der Waals surface area contributed by atoms with E-state index in [-0.39, 0.29) is 5.41 Å². The van der Waals surface area contributed by atoms with Crippen LogP contribution < -0.4 is 9.62 Å². The molecular formula is C19H22F2N2O3S. The summed E-state index contributed by atoms with van der Waals surface area (Å²) in [5.41, 5.74) is 0.780. The maximum atomic E-state index is 14.1. The topological polar surface area (TPSA) is 66.5 Å². The average molecular weight is 396 g/mol. The summed E-state index contributed by atoms with van der Waals surface area (Å²) in [7, 11) is -3.97. The first-order chi connectivity index (χ1) is 12.4. The van der Waals surface area contributed by atoms with Gasteiger partial charge in [-0.25, -0.2) is 17.2 Å². The van der Waals surface area contributed by atoms with Crippen LogP contribution in [0, 0.1) is 11.6 Å². The van der Waals surface area contributed by atoms with E-state index in [1.54, 1.807) is 12.1 Å². The lowest BCUT2D eigenvalue weighted by Gasteiger charge is -2.25. The van der Waals surface area contributed by atoms with Crippen molar-refractivity contribution < 1.29 is 22.0 Å². The highest BCUT2D eigenvalue weighted by atomic mass is 32.2. The van der Waals surface area contributed by atoms with Crippen LogP contribution >= 0.6 is 0 Å². The third kappa shape index (κ3) is 5.26. The second-order valence-electron chi connectivity index (χ2n) is 7.21. The van der Waals surface area contributed by atoms with Crippen LogP contribution in [0.25, 0.3) is 0 Å². The fourth-order valence-electron chi connectivity index (χ4n) is 2.63. The lowest BCUT2D eigenvalue weighted by atomic mass is 9.86. The van der Waals surface area contributed by atoms with E-state index in [4.69, 9.17) is 0 Å². The third-order valence-corrected chi connectivity index (χ3v) is 5.00. The van der Waals surface area contributed by atoms with Crippen LogP contribution in [0.1, 0.15) is 26.3 Å². The Balaban J connectivity index is 2.31. The highest BCUT2D eigenvalue weighted by Crippen LogP contribution is 2.29. The number of nitrogens with one attached hydrogen (secondary N) is 1. The quantitative estimate of drug-likeness (QED) is 0.839. The van der Waals surface area contributed by atoms with Crippen molar-refractivity contribution >= 4 is 27.3 Å². The number of anilines is 2. The number of carbonyl (C=O) groups excluding carboxylic acids is 1. The standard InChI is InChI=1S/C19H22F2N2O3S/c1-19(2,3)14-7-5-6-8-16(14)22-18(24)12-23(27(4,25)26)17-10-9-13(20)11-15(17)21/h5-11H,12H2,1-4H3,(H,22,24). The van der Waals surface area contributed by atoms with E-state index in [0.717, 1.165) is 24.0 Å². The van der Waals surface area contributed by atoms with Crippen molar-refractivity contribution in [1.29, 1.82) is 0 Å². The number of benzene rings is 2. The Morgan fingerprint density at radius 1 is 1.11 bits per heavy atom. The molecule has 2 aromatic carbocycles. The van der Waals surface area contributed by atoms with E-state index in [9.17, 15) is 22.0 Å². The Morgan fingerprint density at radius 2 is 1.74 bits per heavy atom. The van der Waals surface area contributed by atoms with Crippen LogP contribution in [0.2, 0.25) is 0 Å². The molecule has 0 heterocycles. The van der Waals surface area contributed by atoms with Crippen LogP contribution in [0.4, 0.5) is 20.2 Å². The zero-order valence-electron chi connectivity index (χ0n) is 15.6. The molecule has 1 N–H and O–H groups in total. The molecule has 0 bridgehead atoms. The van der Waals surface area contributed by atoms with Gasteiger partial charge >= 0.3 is 0 Å². The molecule has 8 heteroatoms. The van der Waals surface area contributed by atoms with Gasteiger partial charge in [-0.3, -0.25) is 9.10 Å². The van der Waals surface area contributed by atoms with Gasteiger partial charge in [-0.15, -0.1) is 0 Å². The smallest absolute Gasteiger partial charge is 0.245 e. The van der Waals surface area contributed by atoms with Gasteiger partial charge in [0.15, 0.2) is 0 Å². The van der Waals surface area contributed by atoms with E-state index in [1.807, 2.05) is 32.9 Å². The summed E-state index contributed by atoms with van der Waals surface area (Å²) in [5.74, 6) is -2.54. The van der Waals surface area contributed by atoms with E-state index < -0.39 is 39.8 Å². The number of carbonyl (C=O) groups is 1. The molecule has 2 rings (SSSR count). The van der Waals surface area contributed by atoms with Crippen LogP contribution in [0.5, 0.6) is 0 Å². The van der Waals surface area contributed by atoms with Crippen molar-refractivity contribution in [3.05, 3.63) is 59.7 Å². The molecule has 0 aliphatic carbocycles. The summed E-state index contributed by atoms with van der Waals surface area (Å²) < 4.78 is 51.9. The Hall–Kier alpha value is -2.48. The van der Waals surface area contributed by atoms with E-state index in [2.05, 4.69) is 5.32 Å². The van der Waals surface area contributed by atoms with Gasteiger partial charge in [-0.05, 0) is 29.2 Å².